The number of nitrogens with one attached hydrogen (secondary N) is 1. The van der Waals surface area contributed by atoms with E-state index >= 15 is 0 Å². The molecule has 0 unspecified atom stereocenters. The summed E-state index contributed by atoms with van der Waals surface area (Å²) in [5.41, 5.74) is 0.423. The molecule has 23 heavy (non-hydrogen) atoms. The van der Waals surface area contributed by atoms with Gasteiger partial charge in [0.05, 0.1) is 20.8 Å². The molecule has 0 fully saturated rings. The topological polar surface area (TPSA) is 110 Å². The normalized spacial score (nSPS) is 10.2. The molecular weight excluding hydrogens is 306 g/mol. The van der Waals surface area contributed by atoms with Crippen molar-refractivity contribution in [2.45, 2.75) is 6.92 Å². The Kier molecular flexibility index (Phi) is 4.85. The Balaban J connectivity index is 2.39. The van der Waals surface area contributed by atoms with E-state index in [1.165, 1.54) is 14.2 Å². The number of furan rings is 1. The zero-order chi connectivity index (χ0) is 17.0. The molecule has 0 saturated carbocycles. The number of aromatic hydroxyl groups is 2. The summed E-state index contributed by atoms with van der Waals surface area (Å²) in [6.07, 6.45) is -0.810. The van der Waals surface area contributed by atoms with E-state index < -0.39 is 17.6 Å². The summed E-state index contributed by atoms with van der Waals surface area (Å²) in [5, 5.41) is 22.1. The highest BCUT2D eigenvalue weighted by atomic mass is 16.6. The van der Waals surface area contributed by atoms with Crippen molar-refractivity contribution >= 4 is 12.0 Å². The first-order chi connectivity index (χ1) is 11.0. The number of methoxy groups -OCH3 is 2. The Labute approximate surface area is 132 Å². The van der Waals surface area contributed by atoms with Gasteiger partial charge in [0.25, 0.3) is 0 Å². The van der Waals surface area contributed by atoms with Crippen molar-refractivity contribution < 1.29 is 33.6 Å². The molecule has 1 heterocycles. The minimum Gasteiger partial charge on any atom is -0.502 e. The summed E-state index contributed by atoms with van der Waals surface area (Å²) in [7, 11) is 2.96. The molecule has 0 aliphatic carbocycles. The fourth-order valence-corrected chi connectivity index (χ4v) is 1.93. The number of rotatable bonds is 5. The summed E-state index contributed by atoms with van der Waals surface area (Å²) >= 11 is 0. The van der Waals surface area contributed by atoms with Crippen LogP contribution in [-0.4, -0.2) is 37.1 Å². The predicted octanol–water partition coefficient (Wildman–Crippen LogP) is 2.94. The Morgan fingerprint density at radius 3 is 2.48 bits per heavy atom. The van der Waals surface area contributed by atoms with Crippen molar-refractivity contribution in [3.63, 3.8) is 0 Å². The Bertz CT molecular complexity index is 708. The number of amides is 1. The number of anilines is 1. The SMILES string of the molecule is CCOC(=O)Nc1oc(-c2ccc(OC)c(OC)c2)c(O)c1O. The molecule has 2 aromatic rings. The number of benzene rings is 1. The van der Waals surface area contributed by atoms with E-state index in [-0.39, 0.29) is 18.3 Å². The van der Waals surface area contributed by atoms with Gasteiger partial charge in [-0.2, -0.15) is 0 Å². The first kappa shape index (κ1) is 16.3. The van der Waals surface area contributed by atoms with Crippen molar-refractivity contribution in [3.05, 3.63) is 18.2 Å². The lowest BCUT2D eigenvalue weighted by Crippen LogP contribution is -2.12. The van der Waals surface area contributed by atoms with Gasteiger partial charge in [-0.3, -0.25) is 5.32 Å². The largest absolute Gasteiger partial charge is 0.502 e. The second-order valence-electron chi connectivity index (χ2n) is 4.37. The van der Waals surface area contributed by atoms with Gasteiger partial charge in [-0.1, -0.05) is 0 Å². The molecular formula is C15H17NO7. The number of carbonyl (C=O) groups excluding carboxylic acids is 1. The number of ether oxygens (including phenoxy) is 3. The van der Waals surface area contributed by atoms with E-state index in [0.29, 0.717) is 17.1 Å². The van der Waals surface area contributed by atoms with Crippen LogP contribution in [0.25, 0.3) is 11.3 Å². The molecule has 0 spiro atoms. The molecule has 1 amide bonds. The van der Waals surface area contributed by atoms with E-state index in [9.17, 15) is 15.0 Å². The van der Waals surface area contributed by atoms with Crippen LogP contribution in [-0.2, 0) is 4.74 Å². The zero-order valence-electron chi connectivity index (χ0n) is 12.9. The standard InChI is InChI=1S/C15H17NO7/c1-4-22-15(19)16-14-12(18)11(17)13(23-14)8-5-6-9(20-2)10(7-8)21-3/h5-7,17-18H,4H2,1-3H3,(H,16,19). The molecule has 1 aromatic heterocycles. The van der Waals surface area contributed by atoms with Gasteiger partial charge in [0.1, 0.15) is 0 Å². The van der Waals surface area contributed by atoms with Crippen molar-refractivity contribution in [1.29, 1.82) is 0 Å². The van der Waals surface area contributed by atoms with E-state index in [2.05, 4.69) is 10.1 Å². The maximum atomic E-state index is 11.4. The van der Waals surface area contributed by atoms with Gasteiger partial charge >= 0.3 is 6.09 Å². The molecule has 0 aliphatic rings. The summed E-state index contributed by atoms with van der Waals surface area (Å²) in [5.74, 6) is -0.538. The maximum absolute atomic E-state index is 11.4. The number of carbonyl (C=O) groups is 1. The highest BCUT2D eigenvalue weighted by Gasteiger charge is 2.23. The van der Waals surface area contributed by atoms with Gasteiger partial charge in [0.15, 0.2) is 17.3 Å². The number of hydrogen-bond acceptors (Lipinski definition) is 7. The first-order valence-corrected chi connectivity index (χ1v) is 6.72. The molecule has 1 aromatic carbocycles. The summed E-state index contributed by atoms with van der Waals surface area (Å²) in [6.45, 7) is 1.79. The second kappa shape index (κ2) is 6.82. The fourth-order valence-electron chi connectivity index (χ4n) is 1.93. The van der Waals surface area contributed by atoms with Crippen molar-refractivity contribution in [3.8, 4) is 34.3 Å². The van der Waals surface area contributed by atoms with Gasteiger partial charge in [-0.25, -0.2) is 4.79 Å². The van der Waals surface area contributed by atoms with Crippen LogP contribution < -0.4 is 14.8 Å². The third-order valence-corrected chi connectivity index (χ3v) is 3.00. The van der Waals surface area contributed by atoms with Crippen LogP contribution in [0.1, 0.15) is 6.92 Å². The van der Waals surface area contributed by atoms with Crippen molar-refractivity contribution in [2.75, 3.05) is 26.1 Å². The summed E-state index contributed by atoms with van der Waals surface area (Å²) < 4.78 is 20.3. The zero-order valence-corrected chi connectivity index (χ0v) is 12.9. The van der Waals surface area contributed by atoms with Gasteiger partial charge in [-0.15, -0.1) is 0 Å². The maximum Gasteiger partial charge on any atom is 0.414 e. The summed E-state index contributed by atoms with van der Waals surface area (Å²) in [6, 6.07) is 4.78. The highest BCUT2D eigenvalue weighted by molar-refractivity contribution is 5.87. The average Bonchev–Trinajstić information content (AvgIpc) is 2.82. The monoisotopic (exact) mass is 323 g/mol. The molecule has 0 bridgehead atoms. The lowest BCUT2D eigenvalue weighted by molar-refractivity contribution is 0.167. The highest BCUT2D eigenvalue weighted by Crippen LogP contribution is 2.46. The average molecular weight is 323 g/mol. The first-order valence-electron chi connectivity index (χ1n) is 6.72. The van der Waals surface area contributed by atoms with E-state index in [1.807, 2.05) is 0 Å². The molecule has 0 aliphatic heterocycles. The smallest absolute Gasteiger partial charge is 0.414 e. The van der Waals surface area contributed by atoms with Gasteiger partial charge < -0.3 is 28.8 Å². The van der Waals surface area contributed by atoms with Crippen molar-refractivity contribution in [2.24, 2.45) is 0 Å². The minimum absolute atomic E-state index is 0.0322. The molecule has 0 radical (unpaired) electrons. The Morgan fingerprint density at radius 1 is 1.17 bits per heavy atom. The third kappa shape index (κ3) is 3.25. The fraction of sp³-hybridized carbons (Fsp3) is 0.267. The molecule has 8 heteroatoms. The van der Waals surface area contributed by atoms with Gasteiger partial charge in [0.2, 0.25) is 17.4 Å². The van der Waals surface area contributed by atoms with Crippen molar-refractivity contribution in [1.82, 2.24) is 0 Å². The van der Waals surface area contributed by atoms with Crippen LogP contribution in [0.3, 0.4) is 0 Å². The van der Waals surface area contributed by atoms with E-state index in [1.54, 1.807) is 25.1 Å². The molecule has 3 N–H and O–H groups in total. The molecule has 124 valence electrons. The summed E-state index contributed by atoms with van der Waals surface area (Å²) in [4.78, 5) is 11.4. The van der Waals surface area contributed by atoms with Crippen LogP contribution in [0.15, 0.2) is 22.6 Å². The minimum atomic E-state index is -0.810. The predicted molar refractivity (Wildman–Crippen MR) is 81.2 cm³/mol. The van der Waals surface area contributed by atoms with Crippen LogP contribution in [0.4, 0.5) is 10.7 Å². The molecule has 2 rings (SSSR count). The second-order valence-corrected chi connectivity index (χ2v) is 4.37. The molecule has 0 atom stereocenters. The number of hydrogen-bond donors (Lipinski definition) is 3. The molecule has 8 nitrogen and oxygen atoms in total. The van der Waals surface area contributed by atoms with Crippen LogP contribution in [0, 0.1) is 0 Å². The lowest BCUT2D eigenvalue weighted by atomic mass is 10.1. The van der Waals surface area contributed by atoms with E-state index in [0.717, 1.165) is 0 Å². The Morgan fingerprint density at radius 2 is 1.87 bits per heavy atom. The van der Waals surface area contributed by atoms with Crippen LogP contribution in [0.5, 0.6) is 23.0 Å². The molecule has 0 saturated heterocycles. The quantitative estimate of drug-likeness (QED) is 0.775. The third-order valence-electron chi connectivity index (χ3n) is 3.00. The van der Waals surface area contributed by atoms with Gasteiger partial charge in [-0.05, 0) is 25.1 Å². The van der Waals surface area contributed by atoms with Crippen LogP contribution >= 0.6 is 0 Å². The van der Waals surface area contributed by atoms with Gasteiger partial charge in [0, 0.05) is 5.56 Å². The Hall–Kier alpha value is -3.03. The van der Waals surface area contributed by atoms with Crippen LogP contribution in [0.2, 0.25) is 0 Å². The lowest BCUT2D eigenvalue weighted by Gasteiger charge is -2.08. The van der Waals surface area contributed by atoms with E-state index in [4.69, 9.17) is 13.9 Å².